The third-order valence-corrected chi connectivity index (χ3v) is 6.58. The molecular formula is C17H18FN5O4S. The Balaban J connectivity index is 1.46. The molecule has 3 aliphatic heterocycles. The van der Waals surface area contributed by atoms with Crippen LogP contribution in [0.15, 0.2) is 18.2 Å². The van der Waals surface area contributed by atoms with Crippen LogP contribution >= 0.6 is 0 Å². The maximum Gasteiger partial charge on any atom is 0.253 e. The highest BCUT2D eigenvalue weighted by Crippen LogP contribution is 2.41. The number of phenolic OH excluding ortho intramolecular Hbond substituents is 1. The number of benzene rings is 1. The van der Waals surface area contributed by atoms with Gasteiger partial charge in [-0.1, -0.05) is 0 Å². The lowest BCUT2D eigenvalue weighted by Gasteiger charge is -2.37. The number of carbonyl (C=O) groups is 1. The first-order valence-electron chi connectivity index (χ1n) is 8.85. The zero-order chi connectivity index (χ0) is 19.5. The molecule has 0 aliphatic carbocycles. The quantitative estimate of drug-likeness (QED) is 0.690. The number of anilines is 2. The number of aromatic nitrogens is 2. The van der Waals surface area contributed by atoms with Crippen molar-refractivity contribution in [2.45, 2.75) is 6.42 Å². The Morgan fingerprint density at radius 1 is 1.36 bits per heavy atom. The van der Waals surface area contributed by atoms with E-state index >= 15 is 4.39 Å². The Labute approximate surface area is 162 Å². The first-order valence-corrected chi connectivity index (χ1v) is 9.95. The number of carbonyl (C=O) groups excluding carboxylic acids is 1. The van der Waals surface area contributed by atoms with E-state index in [-0.39, 0.29) is 23.2 Å². The van der Waals surface area contributed by atoms with E-state index in [1.165, 1.54) is 12.1 Å². The molecule has 4 heterocycles. The van der Waals surface area contributed by atoms with Gasteiger partial charge in [0.05, 0.1) is 18.9 Å². The molecule has 2 aromatic rings. The summed E-state index contributed by atoms with van der Waals surface area (Å²) in [5, 5.41) is 17.2. The van der Waals surface area contributed by atoms with Gasteiger partial charge in [-0.25, -0.2) is 8.60 Å². The van der Waals surface area contributed by atoms with E-state index in [0.717, 1.165) is 42.8 Å². The van der Waals surface area contributed by atoms with Gasteiger partial charge in [-0.15, -0.1) is 0 Å². The number of hydrogen-bond acceptors (Lipinski definition) is 6. The predicted molar refractivity (Wildman–Crippen MR) is 99.4 cm³/mol. The molecule has 1 aromatic heterocycles. The lowest BCUT2D eigenvalue weighted by molar-refractivity contribution is -0.117. The van der Waals surface area contributed by atoms with E-state index in [4.69, 9.17) is 4.74 Å². The predicted octanol–water partition coefficient (Wildman–Crippen LogP) is 0.663. The van der Waals surface area contributed by atoms with Crippen LogP contribution in [0.1, 0.15) is 6.42 Å². The second-order valence-electron chi connectivity index (χ2n) is 7.41. The number of halogens is 1. The standard InChI is InChI=1S/C17H18FN5O4S/c18-15-10(1-2-12(24)16(15)23-6-14(25)21-28(23)26)11-5-13(20-19-11)22-4-3-17(7-22)8-27-9-17/h1-2,5,24H,3-4,6-9H2,(H,19,20)(H,21,25). The minimum Gasteiger partial charge on any atom is -0.506 e. The van der Waals surface area contributed by atoms with Crippen LogP contribution in [0.2, 0.25) is 0 Å². The van der Waals surface area contributed by atoms with Gasteiger partial charge < -0.3 is 14.7 Å². The van der Waals surface area contributed by atoms with Crippen molar-refractivity contribution in [3.8, 4) is 17.0 Å². The summed E-state index contributed by atoms with van der Waals surface area (Å²) in [5.41, 5.74) is 0.528. The Morgan fingerprint density at radius 2 is 2.18 bits per heavy atom. The van der Waals surface area contributed by atoms with E-state index in [1.54, 1.807) is 6.07 Å². The number of amides is 1. The molecule has 28 heavy (non-hydrogen) atoms. The average Bonchev–Trinajstić information content (AvgIpc) is 3.33. The highest BCUT2D eigenvalue weighted by Gasteiger charge is 2.45. The largest absolute Gasteiger partial charge is 0.506 e. The van der Waals surface area contributed by atoms with E-state index in [1.807, 2.05) is 0 Å². The van der Waals surface area contributed by atoms with Crippen molar-refractivity contribution in [1.82, 2.24) is 14.9 Å². The topological polar surface area (TPSA) is 111 Å². The maximum absolute atomic E-state index is 15.2. The van der Waals surface area contributed by atoms with Crippen LogP contribution < -0.4 is 13.9 Å². The van der Waals surface area contributed by atoms with Gasteiger partial charge in [0.25, 0.3) is 5.91 Å². The van der Waals surface area contributed by atoms with E-state index in [9.17, 15) is 14.1 Å². The smallest absolute Gasteiger partial charge is 0.253 e. The van der Waals surface area contributed by atoms with Crippen molar-refractivity contribution in [2.24, 2.45) is 5.41 Å². The number of ether oxygens (including phenoxy) is 1. The summed E-state index contributed by atoms with van der Waals surface area (Å²) in [7, 11) is 0. The van der Waals surface area contributed by atoms with Crippen LogP contribution in [0.25, 0.3) is 11.3 Å². The molecule has 5 rings (SSSR count). The molecule has 1 aromatic carbocycles. The molecular weight excluding hydrogens is 389 g/mol. The second-order valence-corrected chi connectivity index (χ2v) is 8.55. The molecule has 0 bridgehead atoms. The molecule has 148 valence electrons. The summed E-state index contributed by atoms with van der Waals surface area (Å²) in [6.45, 7) is 2.93. The molecule has 1 atom stereocenters. The highest BCUT2D eigenvalue weighted by molar-refractivity contribution is 7.85. The number of aromatic hydroxyl groups is 1. The molecule has 1 spiro atoms. The third-order valence-electron chi connectivity index (χ3n) is 5.47. The van der Waals surface area contributed by atoms with Gasteiger partial charge >= 0.3 is 0 Å². The monoisotopic (exact) mass is 407 g/mol. The van der Waals surface area contributed by atoms with Crippen molar-refractivity contribution in [3.63, 3.8) is 0 Å². The van der Waals surface area contributed by atoms with Gasteiger partial charge in [0.1, 0.15) is 18.0 Å². The summed E-state index contributed by atoms with van der Waals surface area (Å²) in [6, 6.07) is 4.48. The molecule has 9 nitrogen and oxygen atoms in total. The third kappa shape index (κ3) is 2.65. The molecule has 11 heteroatoms. The van der Waals surface area contributed by atoms with Crippen LogP contribution in [-0.2, 0) is 20.7 Å². The van der Waals surface area contributed by atoms with Gasteiger partial charge in [-0.2, -0.15) is 5.10 Å². The first kappa shape index (κ1) is 17.4. The number of phenols is 1. The molecule has 3 N–H and O–H groups in total. The van der Waals surface area contributed by atoms with Gasteiger partial charge in [0, 0.05) is 30.1 Å². The summed E-state index contributed by atoms with van der Waals surface area (Å²) in [6.07, 6.45) is 1.04. The van der Waals surface area contributed by atoms with Crippen molar-refractivity contribution in [1.29, 1.82) is 0 Å². The summed E-state index contributed by atoms with van der Waals surface area (Å²) in [4.78, 5) is 13.6. The average molecular weight is 407 g/mol. The Kier molecular flexibility index (Phi) is 3.85. The zero-order valence-electron chi connectivity index (χ0n) is 14.8. The first-order chi connectivity index (χ1) is 13.5. The Hall–Kier alpha value is -2.66. The summed E-state index contributed by atoms with van der Waals surface area (Å²) < 4.78 is 35.7. The van der Waals surface area contributed by atoms with E-state index in [2.05, 4.69) is 19.8 Å². The van der Waals surface area contributed by atoms with E-state index < -0.39 is 28.6 Å². The van der Waals surface area contributed by atoms with Crippen LogP contribution in [-0.4, -0.2) is 58.3 Å². The van der Waals surface area contributed by atoms with Crippen molar-refractivity contribution < 1.29 is 23.2 Å². The summed E-state index contributed by atoms with van der Waals surface area (Å²) in [5.74, 6) is -0.952. The fourth-order valence-corrected chi connectivity index (χ4v) is 4.85. The molecule has 1 unspecified atom stereocenters. The van der Waals surface area contributed by atoms with E-state index in [0.29, 0.717) is 5.69 Å². The van der Waals surface area contributed by atoms with Crippen molar-refractivity contribution >= 4 is 28.6 Å². The van der Waals surface area contributed by atoms with Crippen molar-refractivity contribution in [2.75, 3.05) is 42.1 Å². The molecule has 3 saturated heterocycles. The molecule has 3 fully saturated rings. The lowest BCUT2D eigenvalue weighted by Crippen LogP contribution is -2.44. The minimum absolute atomic E-state index is 0.170. The Bertz CT molecular complexity index is 992. The number of hydrogen-bond donors (Lipinski definition) is 3. The Morgan fingerprint density at radius 3 is 2.82 bits per heavy atom. The fourth-order valence-electron chi connectivity index (χ4n) is 3.90. The normalized spacial score (nSPS) is 23.3. The molecule has 1 amide bonds. The van der Waals surface area contributed by atoms with Crippen LogP contribution in [0.5, 0.6) is 5.75 Å². The van der Waals surface area contributed by atoms with Gasteiger partial charge in [-0.3, -0.25) is 18.9 Å². The zero-order valence-corrected chi connectivity index (χ0v) is 15.6. The number of H-pyrrole nitrogens is 1. The molecule has 0 saturated carbocycles. The number of aromatic amines is 1. The molecule has 3 aliphatic rings. The SMILES string of the molecule is O=C1CN(c2c(O)ccc(-c3cc(N4CCC5(COC5)C4)n[nH]3)c2F)S(=O)N1. The summed E-state index contributed by atoms with van der Waals surface area (Å²) >= 11 is -1.94. The second kappa shape index (κ2) is 6.17. The number of nitrogens with zero attached hydrogens (tertiary/aromatic N) is 3. The van der Waals surface area contributed by atoms with Gasteiger partial charge in [0.2, 0.25) is 11.2 Å². The van der Waals surface area contributed by atoms with Crippen LogP contribution in [0.3, 0.4) is 0 Å². The highest BCUT2D eigenvalue weighted by atomic mass is 32.2. The van der Waals surface area contributed by atoms with Gasteiger partial charge in [-0.05, 0) is 18.6 Å². The maximum atomic E-state index is 15.2. The number of nitrogens with one attached hydrogen (secondary N) is 2. The number of rotatable bonds is 3. The van der Waals surface area contributed by atoms with Crippen molar-refractivity contribution in [3.05, 3.63) is 24.0 Å². The lowest BCUT2D eigenvalue weighted by atomic mass is 9.85. The molecule has 0 radical (unpaired) electrons. The van der Waals surface area contributed by atoms with Crippen LogP contribution in [0, 0.1) is 11.2 Å². The van der Waals surface area contributed by atoms with Gasteiger partial charge in [0.15, 0.2) is 11.6 Å². The fraction of sp³-hybridized carbons (Fsp3) is 0.412. The van der Waals surface area contributed by atoms with Crippen LogP contribution in [0.4, 0.5) is 15.9 Å². The minimum atomic E-state index is -1.94.